The number of aromatic nitrogens is 1. The standard InChI is InChI=1S/C9H12ClN3O/c1-2-3-7(14)13-8-6(11)4-5-12-9(8)10/h4-5H,2-3H2,1H3,(H2,11,12)(H,13,14). The zero-order chi connectivity index (χ0) is 10.6. The lowest BCUT2D eigenvalue weighted by Gasteiger charge is -2.08. The Balaban J connectivity index is 2.80. The monoisotopic (exact) mass is 213 g/mol. The Kier molecular flexibility index (Phi) is 3.71. The Labute approximate surface area is 87.5 Å². The minimum absolute atomic E-state index is 0.103. The van der Waals surface area contributed by atoms with Crippen molar-refractivity contribution in [3.8, 4) is 0 Å². The number of hydrogen-bond donors (Lipinski definition) is 2. The first-order valence-corrected chi connectivity index (χ1v) is 4.72. The van der Waals surface area contributed by atoms with E-state index in [0.29, 0.717) is 17.8 Å². The van der Waals surface area contributed by atoms with Crippen LogP contribution in [0.4, 0.5) is 11.4 Å². The number of hydrogen-bond acceptors (Lipinski definition) is 3. The molecule has 76 valence electrons. The first-order valence-electron chi connectivity index (χ1n) is 4.35. The van der Waals surface area contributed by atoms with Gasteiger partial charge >= 0.3 is 0 Å². The van der Waals surface area contributed by atoms with Crippen LogP contribution in [0.15, 0.2) is 12.3 Å². The maximum absolute atomic E-state index is 11.3. The van der Waals surface area contributed by atoms with Crippen LogP contribution in [-0.4, -0.2) is 10.9 Å². The fourth-order valence-corrected chi connectivity index (χ4v) is 1.22. The third-order valence-corrected chi connectivity index (χ3v) is 1.96. The van der Waals surface area contributed by atoms with Crippen LogP contribution < -0.4 is 11.1 Å². The van der Waals surface area contributed by atoms with Gasteiger partial charge in [-0.25, -0.2) is 4.98 Å². The summed E-state index contributed by atoms with van der Waals surface area (Å²) in [6.45, 7) is 1.92. The molecule has 0 fully saturated rings. The molecule has 0 unspecified atom stereocenters. The lowest BCUT2D eigenvalue weighted by molar-refractivity contribution is -0.116. The summed E-state index contributed by atoms with van der Waals surface area (Å²) in [7, 11) is 0. The number of anilines is 2. The van der Waals surface area contributed by atoms with E-state index in [-0.39, 0.29) is 11.1 Å². The molecular formula is C9H12ClN3O. The van der Waals surface area contributed by atoms with Crippen molar-refractivity contribution in [2.24, 2.45) is 0 Å². The largest absolute Gasteiger partial charge is 0.397 e. The van der Waals surface area contributed by atoms with Crippen molar-refractivity contribution in [1.29, 1.82) is 0 Å². The van der Waals surface area contributed by atoms with Crippen LogP contribution in [0.5, 0.6) is 0 Å². The van der Waals surface area contributed by atoms with Gasteiger partial charge in [-0.15, -0.1) is 0 Å². The fraction of sp³-hybridized carbons (Fsp3) is 0.333. The molecule has 1 aromatic heterocycles. The minimum atomic E-state index is -0.103. The van der Waals surface area contributed by atoms with Gasteiger partial charge in [0.1, 0.15) is 5.69 Å². The van der Waals surface area contributed by atoms with Crippen LogP contribution in [0.1, 0.15) is 19.8 Å². The molecule has 1 amide bonds. The lowest BCUT2D eigenvalue weighted by atomic mass is 10.3. The highest BCUT2D eigenvalue weighted by Crippen LogP contribution is 2.25. The Morgan fingerprint density at radius 2 is 2.43 bits per heavy atom. The molecule has 5 heteroatoms. The molecule has 1 rings (SSSR count). The first-order chi connectivity index (χ1) is 6.65. The first kappa shape index (κ1) is 10.8. The molecule has 1 aromatic rings. The van der Waals surface area contributed by atoms with Crippen LogP contribution in [0.2, 0.25) is 5.15 Å². The molecule has 0 spiro atoms. The molecule has 0 aliphatic rings. The van der Waals surface area contributed by atoms with Gasteiger partial charge in [0.2, 0.25) is 5.91 Å². The molecule has 0 aliphatic heterocycles. The zero-order valence-electron chi connectivity index (χ0n) is 7.88. The number of pyridine rings is 1. The molecule has 0 aliphatic carbocycles. The zero-order valence-corrected chi connectivity index (χ0v) is 8.64. The minimum Gasteiger partial charge on any atom is -0.397 e. The summed E-state index contributed by atoms with van der Waals surface area (Å²) in [6, 6.07) is 1.59. The molecule has 0 aromatic carbocycles. The van der Waals surface area contributed by atoms with E-state index < -0.39 is 0 Å². The van der Waals surface area contributed by atoms with Crippen molar-refractivity contribution >= 4 is 28.9 Å². The second-order valence-corrected chi connectivity index (χ2v) is 3.22. The van der Waals surface area contributed by atoms with Gasteiger partial charge in [0.25, 0.3) is 0 Å². The highest BCUT2D eigenvalue weighted by Gasteiger charge is 2.08. The number of nitrogen functional groups attached to an aromatic ring is 1. The Bertz CT molecular complexity index is 321. The lowest BCUT2D eigenvalue weighted by Crippen LogP contribution is -2.12. The molecule has 3 N–H and O–H groups in total. The van der Waals surface area contributed by atoms with Crippen molar-refractivity contribution in [2.45, 2.75) is 19.8 Å². The van der Waals surface area contributed by atoms with Crippen LogP contribution in [0.3, 0.4) is 0 Å². The fourth-order valence-electron chi connectivity index (χ4n) is 1.00. The van der Waals surface area contributed by atoms with Crippen molar-refractivity contribution in [3.05, 3.63) is 17.4 Å². The number of amides is 1. The Hall–Kier alpha value is -1.29. The summed E-state index contributed by atoms with van der Waals surface area (Å²) in [5.41, 5.74) is 6.45. The predicted molar refractivity (Wildman–Crippen MR) is 57.2 cm³/mol. The number of carbonyl (C=O) groups is 1. The van der Waals surface area contributed by atoms with Crippen molar-refractivity contribution < 1.29 is 4.79 Å². The summed E-state index contributed by atoms with van der Waals surface area (Å²) < 4.78 is 0. The van der Waals surface area contributed by atoms with Gasteiger partial charge in [-0.2, -0.15) is 0 Å². The number of rotatable bonds is 3. The average molecular weight is 214 g/mol. The molecule has 14 heavy (non-hydrogen) atoms. The van der Waals surface area contributed by atoms with E-state index in [1.807, 2.05) is 6.92 Å². The number of nitrogens with two attached hydrogens (primary N) is 1. The van der Waals surface area contributed by atoms with Crippen molar-refractivity contribution in [3.63, 3.8) is 0 Å². The van der Waals surface area contributed by atoms with Crippen LogP contribution in [0, 0.1) is 0 Å². The van der Waals surface area contributed by atoms with Gasteiger partial charge < -0.3 is 11.1 Å². The van der Waals surface area contributed by atoms with E-state index in [9.17, 15) is 4.79 Å². The third kappa shape index (κ3) is 2.60. The molecule has 0 saturated carbocycles. The summed E-state index contributed by atoms with van der Waals surface area (Å²) in [5, 5.41) is 2.84. The van der Waals surface area contributed by atoms with Crippen molar-refractivity contribution in [2.75, 3.05) is 11.1 Å². The summed E-state index contributed by atoms with van der Waals surface area (Å²) in [4.78, 5) is 15.1. The van der Waals surface area contributed by atoms with Crippen molar-refractivity contribution in [1.82, 2.24) is 4.98 Å². The third-order valence-electron chi connectivity index (χ3n) is 1.68. The Morgan fingerprint density at radius 1 is 1.71 bits per heavy atom. The van der Waals surface area contributed by atoms with Gasteiger partial charge in [-0.1, -0.05) is 18.5 Å². The second-order valence-electron chi connectivity index (χ2n) is 2.86. The number of nitrogens with one attached hydrogen (secondary N) is 1. The molecule has 0 radical (unpaired) electrons. The van der Waals surface area contributed by atoms with Gasteiger partial charge in [-0.05, 0) is 12.5 Å². The van der Waals surface area contributed by atoms with Crippen LogP contribution in [0.25, 0.3) is 0 Å². The molecule has 0 saturated heterocycles. The van der Waals surface area contributed by atoms with Crippen LogP contribution >= 0.6 is 11.6 Å². The van der Waals surface area contributed by atoms with E-state index in [2.05, 4.69) is 10.3 Å². The Morgan fingerprint density at radius 3 is 3.00 bits per heavy atom. The topological polar surface area (TPSA) is 68.0 Å². The van der Waals surface area contributed by atoms with E-state index in [1.54, 1.807) is 6.07 Å². The van der Waals surface area contributed by atoms with E-state index >= 15 is 0 Å². The smallest absolute Gasteiger partial charge is 0.224 e. The maximum Gasteiger partial charge on any atom is 0.224 e. The summed E-state index contributed by atoms with van der Waals surface area (Å²) >= 11 is 5.77. The summed E-state index contributed by atoms with van der Waals surface area (Å²) in [6.07, 6.45) is 2.72. The molecule has 1 heterocycles. The second kappa shape index (κ2) is 4.81. The van der Waals surface area contributed by atoms with Gasteiger partial charge in [0.05, 0.1) is 5.69 Å². The van der Waals surface area contributed by atoms with E-state index in [1.165, 1.54) is 6.20 Å². The molecule has 0 bridgehead atoms. The molecular weight excluding hydrogens is 202 g/mol. The van der Waals surface area contributed by atoms with E-state index in [4.69, 9.17) is 17.3 Å². The summed E-state index contributed by atoms with van der Waals surface area (Å²) in [5.74, 6) is -0.103. The number of nitrogens with zero attached hydrogens (tertiary/aromatic N) is 1. The van der Waals surface area contributed by atoms with Crippen LogP contribution in [-0.2, 0) is 4.79 Å². The predicted octanol–water partition coefficient (Wildman–Crippen LogP) is 2.06. The van der Waals surface area contributed by atoms with Gasteiger partial charge in [0, 0.05) is 12.6 Å². The molecule has 0 atom stereocenters. The SMILES string of the molecule is CCCC(=O)Nc1c(N)ccnc1Cl. The maximum atomic E-state index is 11.3. The molecule has 4 nitrogen and oxygen atoms in total. The van der Waals surface area contributed by atoms with E-state index in [0.717, 1.165) is 6.42 Å². The normalized spacial score (nSPS) is 9.86. The highest BCUT2D eigenvalue weighted by molar-refractivity contribution is 6.33. The number of carbonyl (C=O) groups excluding carboxylic acids is 1. The van der Waals surface area contributed by atoms with Gasteiger partial charge in [-0.3, -0.25) is 4.79 Å². The highest BCUT2D eigenvalue weighted by atomic mass is 35.5. The number of halogens is 1. The average Bonchev–Trinajstić information content (AvgIpc) is 2.12. The van der Waals surface area contributed by atoms with Gasteiger partial charge in [0.15, 0.2) is 5.15 Å². The quantitative estimate of drug-likeness (QED) is 0.756.